The van der Waals surface area contributed by atoms with Gasteiger partial charge in [-0.05, 0) is 37.0 Å². The summed E-state index contributed by atoms with van der Waals surface area (Å²) in [5, 5.41) is 2.84. The highest BCUT2D eigenvalue weighted by Crippen LogP contribution is 2.23. The third-order valence-corrected chi connectivity index (χ3v) is 4.31. The van der Waals surface area contributed by atoms with Crippen LogP contribution in [0.1, 0.15) is 45.6 Å². The van der Waals surface area contributed by atoms with Crippen LogP contribution in [0.15, 0.2) is 24.3 Å². The largest absolute Gasteiger partial charge is 0.338 e. The topological polar surface area (TPSA) is 52.7 Å². The molecule has 5 nitrogen and oxygen atoms in total. The van der Waals surface area contributed by atoms with Gasteiger partial charge in [0.05, 0.1) is 0 Å². The van der Waals surface area contributed by atoms with Gasteiger partial charge in [0, 0.05) is 25.3 Å². The van der Waals surface area contributed by atoms with Gasteiger partial charge in [-0.25, -0.2) is 4.79 Å². The number of carbonyl (C=O) groups is 2. The molecule has 1 aromatic rings. The van der Waals surface area contributed by atoms with Crippen LogP contribution in [0.4, 0.5) is 10.5 Å². The number of anilines is 1. The maximum atomic E-state index is 12.6. The Morgan fingerprint density at radius 2 is 1.91 bits per heavy atom. The van der Waals surface area contributed by atoms with Crippen molar-refractivity contribution in [1.29, 1.82) is 0 Å². The van der Waals surface area contributed by atoms with Crippen molar-refractivity contribution in [3.8, 4) is 0 Å². The second-order valence-electron chi connectivity index (χ2n) is 6.34. The zero-order valence-corrected chi connectivity index (χ0v) is 14.5. The Morgan fingerprint density at radius 3 is 2.48 bits per heavy atom. The van der Waals surface area contributed by atoms with Gasteiger partial charge in [0.2, 0.25) is 5.91 Å². The molecular weight excluding hydrogens is 290 g/mol. The number of rotatable bonds is 4. The zero-order valence-electron chi connectivity index (χ0n) is 14.5. The highest BCUT2D eigenvalue weighted by Gasteiger charge is 2.34. The van der Waals surface area contributed by atoms with E-state index >= 15 is 0 Å². The van der Waals surface area contributed by atoms with Gasteiger partial charge in [0.1, 0.15) is 6.04 Å². The van der Waals surface area contributed by atoms with Crippen LogP contribution in [0.5, 0.6) is 0 Å². The minimum absolute atomic E-state index is 0.0276. The van der Waals surface area contributed by atoms with Gasteiger partial charge in [-0.15, -0.1) is 0 Å². The van der Waals surface area contributed by atoms with Crippen LogP contribution in [-0.2, 0) is 4.79 Å². The van der Waals surface area contributed by atoms with Gasteiger partial charge in [-0.3, -0.25) is 4.79 Å². The van der Waals surface area contributed by atoms with Gasteiger partial charge in [0.15, 0.2) is 0 Å². The van der Waals surface area contributed by atoms with E-state index in [4.69, 9.17) is 0 Å². The van der Waals surface area contributed by atoms with Gasteiger partial charge >= 0.3 is 6.03 Å². The van der Waals surface area contributed by atoms with Crippen LogP contribution in [-0.4, -0.2) is 42.5 Å². The molecule has 5 heteroatoms. The number of nitrogens with one attached hydrogen (secondary N) is 1. The van der Waals surface area contributed by atoms with Crippen molar-refractivity contribution in [3.05, 3.63) is 29.8 Å². The first kappa shape index (κ1) is 17.3. The average Bonchev–Trinajstić information content (AvgIpc) is 2.55. The SMILES string of the molecule is CCCNC(=O)N1CCN(c2ccc(C(C)C)cc2)C(=O)C1C. The van der Waals surface area contributed by atoms with E-state index in [0.717, 1.165) is 12.1 Å². The molecule has 1 unspecified atom stereocenters. The number of hydrogen-bond acceptors (Lipinski definition) is 2. The molecule has 1 fully saturated rings. The summed E-state index contributed by atoms with van der Waals surface area (Å²) in [6.45, 7) is 9.82. The fourth-order valence-electron chi connectivity index (χ4n) is 2.78. The maximum Gasteiger partial charge on any atom is 0.318 e. The molecule has 1 aromatic carbocycles. The van der Waals surface area contributed by atoms with Crippen LogP contribution < -0.4 is 10.2 Å². The first-order valence-corrected chi connectivity index (χ1v) is 8.41. The molecule has 1 aliphatic rings. The summed E-state index contributed by atoms with van der Waals surface area (Å²) in [5.41, 5.74) is 2.16. The van der Waals surface area contributed by atoms with Crippen LogP contribution in [0.3, 0.4) is 0 Å². The Kier molecular flexibility index (Phi) is 5.64. The van der Waals surface area contributed by atoms with E-state index in [0.29, 0.717) is 25.6 Å². The van der Waals surface area contributed by atoms with Crippen LogP contribution in [0, 0.1) is 0 Å². The molecule has 1 heterocycles. The molecule has 2 rings (SSSR count). The van der Waals surface area contributed by atoms with Gasteiger partial charge in [-0.1, -0.05) is 32.9 Å². The van der Waals surface area contributed by atoms with Crippen LogP contribution in [0.25, 0.3) is 0 Å². The van der Waals surface area contributed by atoms with Crippen molar-refractivity contribution in [1.82, 2.24) is 10.2 Å². The van der Waals surface area contributed by atoms with Crippen LogP contribution in [0.2, 0.25) is 0 Å². The first-order chi connectivity index (χ1) is 11.0. The molecule has 0 aliphatic carbocycles. The Hall–Kier alpha value is -2.04. The lowest BCUT2D eigenvalue weighted by Gasteiger charge is -2.39. The van der Waals surface area contributed by atoms with Crippen molar-refractivity contribution >= 4 is 17.6 Å². The second-order valence-corrected chi connectivity index (χ2v) is 6.34. The zero-order chi connectivity index (χ0) is 17.0. The van der Waals surface area contributed by atoms with E-state index in [9.17, 15) is 9.59 Å². The number of carbonyl (C=O) groups excluding carboxylic acids is 2. The summed E-state index contributed by atoms with van der Waals surface area (Å²) in [6.07, 6.45) is 0.885. The highest BCUT2D eigenvalue weighted by molar-refractivity contribution is 6.00. The lowest BCUT2D eigenvalue weighted by molar-refractivity contribution is -0.124. The van der Waals surface area contributed by atoms with Crippen molar-refractivity contribution in [2.45, 2.75) is 46.1 Å². The molecule has 0 radical (unpaired) electrons. The summed E-state index contributed by atoms with van der Waals surface area (Å²) in [4.78, 5) is 28.2. The second kappa shape index (κ2) is 7.49. The summed E-state index contributed by atoms with van der Waals surface area (Å²) in [5.74, 6) is 0.443. The van der Waals surface area contributed by atoms with Crippen molar-refractivity contribution in [3.63, 3.8) is 0 Å². The Balaban J connectivity index is 2.07. The first-order valence-electron chi connectivity index (χ1n) is 8.41. The number of nitrogens with zero attached hydrogens (tertiary/aromatic N) is 2. The van der Waals surface area contributed by atoms with E-state index in [1.165, 1.54) is 5.56 Å². The van der Waals surface area contributed by atoms with Gasteiger partial charge < -0.3 is 15.1 Å². The summed E-state index contributed by atoms with van der Waals surface area (Å²) in [7, 11) is 0. The van der Waals surface area contributed by atoms with Crippen LogP contribution >= 0.6 is 0 Å². The Morgan fingerprint density at radius 1 is 1.26 bits per heavy atom. The number of piperazine rings is 1. The molecule has 1 atom stereocenters. The Bertz CT molecular complexity index is 554. The average molecular weight is 317 g/mol. The van der Waals surface area contributed by atoms with Crippen molar-refractivity contribution in [2.75, 3.05) is 24.5 Å². The molecule has 1 N–H and O–H groups in total. The molecule has 23 heavy (non-hydrogen) atoms. The minimum Gasteiger partial charge on any atom is -0.338 e. The highest BCUT2D eigenvalue weighted by atomic mass is 16.2. The van der Waals surface area contributed by atoms with E-state index in [-0.39, 0.29) is 11.9 Å². The molecule has 126 valence electrons. The van der Waals surface area contributed by atoms with Crippen molar-refractivity contribution in [2.24, 2.45) is 0 Å². The molecule has 3 amide bonds. The number of benzene rings is 1. The predicted octanol–water partition coefficient (Wildman–Crippen LogP) is 2.97. The summed E-state index contributed by atoms with van der Waals surface area (Å²) < 4.78 is 0. The molecule has 0 bridgehead atoms. The fourth-order valence-corrected chi connectivity index (χ4v) is 2.78. The third kappa shape index (κ3) is 3.84. The molecule has 1 saturated heterocycles. The molecule has 0 saturated carbocycles. The standard InChI is InChI=1S/C18H27N3O2/c1-5-10-19-18(23)20-11-12-21(17(22)14(20)4)16-8-6-15(7-9-16)13(2)3/h6-9,13-14H,5,10-12H2,1-4H3,(H,19,23). The lowest BCUT2D eigenvalue weighted by Crippen LogP contribution is -2.59. The number of amides is 3. The molecule has 1 aliphatic heterocycles. The summed E-state index contributed by atoms with van der Waals surface area (Å²) in [6, 6.07) is 7.53. The van der Waals surface area contributed by atoms with Gasteiger partial charge in [0.25, 0.3) is 0 Å². The van der Waals surface area contributed by atoms with E-state index in [1.807, 2.05) is 19.1 Å². The summed E-state index contributed by atoms with van der Waals surface area (Å²) >= 11 is 0. The lowest BCUT2D eigenvalue weighted by atomic mass is 10.0. The van der Waals surface area contributed by atoms with E-state index in [2.05, 4.69) is 31.3 Å². The maximum absolute atomic E-state index is 12.6. The monoisotopic (exact) mass is 317 g/mol. The fraction of sp³-hybridized carbons (Fsp3) is 0.556. The minimum atomic E-state index is -0.439. The van der Waals surface area contributed by atoms with E-state index < -0.39 is 6.04 Å². The molecular formula is C18H27N3O2. The van der Waals surface area contributed by atoms with Gasteiger partial charge in [-0.2, -0.15) is 0 Å². The predicted molar refractivity (Wildman–Crippen MR) is 92.7 cm³/mol. The Labute approximate surface area is 138 Å². The number of urea groups is 1. The molecule has 0 spiro atoms. The van der Waals surface area contributed by atoms with Crippen molar-refractivity contribution < 1.29 is 9.59 Å². The smallest absolute Gasteiger partial charge is 0.318 e. The van der Waals surface area contributed by atoms with E-state index in [1.54, 1.807) is 16.7 Å². The number of hydrogen-bond donors (Lipinski definition) is 1. The molecule has 0 aromatic heterocycles. The quantitative estimate of drug-likeness (QED) is 0.928. The normalized spacial score (nSPS) is 18.5. The third-order valence-electron chi connectivity index (χ3n) is 4.31.